The van der Waals surface area contributed by atoms with E-state index < -0.39 is 11.9 Å². The van der Waals surface area contributed by atoms with Gasteiger partial charge in [0.15, 0.2) is 18.1 Å². The number of amides is 1. The minimum absolute atomic E-state index is 0.128. The Labute approximate surface area is 190 Å². The number of rotatable bonds is 7. The maximum absolute atomic E-state index is 12.4. The van der Waals surface area contributed by atoms with E-state index in [4.69, 9.17) is 18.9 Å². The summed E-state index contributed by atoms with van der Waals surface area (Å²) in [5.41, 5.74) is 5.40. The molecule has 1 aliphatic heterocycles. The average Bonchev–Trinajstić information content (AvgIpc) is 3.28. The Morgan fingerprint density at radius 1 is 1.03 bits per heavy atom. The molecule has 1 N–H and O–H groups in total. The lowest BCUT2D eigenvalue weighted by atomic mass is 10.1. The highest BCUT2D eigenvalue weighted by Gasteiger charge is 2.17. The second kappa shape index (κ2) is 9.86. The topological polar surface area (TPSA) is 95.5 Å². The second-order valence-electron chi connectivity index (χ2n) is 7.38. The fraction of sp³-hybridized carbons (Fsp3) is 0.160. The molecule has 0 aliphatic carbocycles. The van der Waals surface area contributed by atoms with Crippen LogP contribution in [0.5, 0.6) is 23.0 Å². The molecule has 1 aliphatic rings. The molecule has 8 nitrogen and oxygen atoms in total. The number of hydrazone groups is 1. The lowest BCUT2D eigenvalue weighted by molar-refractivity contribution is -0.123. The predicted molar refractivity (Wildman–Crippen MR) is 121 cm³/mol. The third-order valence-electron chi connectivity index (χ3n) is 4.78. The smallest absolute Gasteiger partial charge is 0.343 e. The Kier molecular flexibility index (Phi) is 6.54. The van der Waals surface area contributed by atoms with Gasteiger partial charge in [-0.2, -0.15) is 5.10 Å². The molecule has 0 radical (unpaired) electrons. The highest BCUT2D eigenvalue weighted by Crippen LogP contribution is 2.32. The molecule has 0 saturated carbocycles. The Balaban J connectivity index is 1.30. The molecule has 8 heteroatoms. The van der Waals surface area contributed by atoms with E-state index in [2.05, 4.69) is 10.5 Å². The van der Waals surface area contributed by atoms with Crippen molar-refractivity contribution in [2.45, 2.75) is 13.8 Å². The fourth-order valence-corrected chi connectivity index (χ4v) is 3.07. The van der Waals surface area contributed by atoms with Crippen LogP contribution in [0, 0.1) is 13.8 Å². The lowest BCUT2D eigenvalue weighted by Crippen LogP contribution is -2.24. The number of carbonyl (C=O) groups excluding carboxylic acids is 2. The van der Waals surface area contributed by atoms with Crippen LogP contribution in [-0.2, 0) is 4.79 Å². The number of benzene rings is 3. The zero-order valence-electron chi connectivity index (χ0n) is 18.2. The summed E-state index contributed by atoms with van der Waals surface area (Å²) in [5.74, 6) is 1.17. The number of hydrogen-bond acceptors (Lipinski definition) is 7. The van der Waals surface area contributed by atoms with Crippen LogP contribution in [0.2, 0.25) is 0 Å². The van der Waals surface area contributed by atoms with E-state index in [9.17, 15) is 9.59 Å². The van der Waals surface area contributed by atoms with E-state index in [0.29, 0.717) is 34.1 Å². The van der Waals surface area contributed by atoms with Crippen molar-refractivity contribution in [1.82, 2.24) is 5.43 Å². The summed E-state index contributed by atoms with van der Waals surface area (Å²) in [6.45, 7) is 3.84. The lowest BCUT2D eigenvalue weighted by Gasteiger charge is -2.08. The molecule has 3 aromatic rings. The number of hydrogen-bond donors (Lipinski definition) is 1. The van der Waals surface area contributed by atoms with Gasteiger partial charge in [0.05, 0.1) is 11.8 Å². The number of nitrogens with one attached hydrogen (secondary N) is 1. The van der Waals surface area contributed by atoms with Gasteiger partial charge in [0.25, 0.3) is 5.91 Å². The van der Waals surface area contributed by atoms with Crippen LogP contribution >= 0.6 is 0 Å². The summed E-state index contributed by atoms with van der Waals surface area (Å²) < 4.78 is 21.5. The molecule has 168 valence electrons. The number of nitrogens with zero attached hydrogens (tertiary/aromatic N) is 1. The standard InChI is InChI=1S/C25H22N2O6/c1-16-6-7-17(2)22(10-16)30-14-24(28)27-26-13-18-4-3-5-20(11-18)33-25(29)19-8-9-21-23(12-19)32-15-31-21/h3-13H,14-15H2,1-2H3,(H,27,28)/b26-13+. The van der Waals surface area contributed by atoms with Crippen LogP contribution in [0.3, 0.4) is 0 Å². The molecule has 1 amide bonds. The highest BCUT2D eigenvalue weighted by molar-refractivity contribution is 5.92. The van der Waals surface area contributed by atoms with E-state index in [1.807, 2.05) is 32.0 Å². The molecule has 33 heavy (non-hydrogen) atoms. The molecule has 3 aromatic carbocycles. The molecule has 0 aromatic heterocycles. The number of esters is 1. The van der Waals surface area contributed by atoms with Crippen molar-refractivity contribution in [3.05, 3.63) is 82.9 Å². The normalized spacial score (nSPS) is 11.9. The van der Waals surface area contributed by atoms with Crippen LogP contribution < -0.4 is 24.4 Å². The first kappa shape index (κ1) is 21.9. The van der Waals surface area contributed by atoms with Gasteiger partial charge in [-0.05, 0) is 66.9 Å². The molecule has 0 fully saturated rings. The van der Waals surface area contributed by atoms with Crippen molar-refractivity contribution in [1.29, 1.82) is 0 Å². The van der Waals surface area contributed by atoms with Gasteiger partial charge in [-0.25, -0.2) is 10.2 Å². The monoisotopic (exact) mass is 446 g/mol. The van der Waals surface area contributed by atoms with Gasteiger partial charge >= 0.3 is 5.97 Å². The minimum Gasteiger partial charge on any atom is -0.483 e. The van der Waals surface area contributed by atoms with Crippen molar-refractivity contribution in [2.75, 3.05) is 13.4 Å². The van der Waals surface area contributed by atoms with Gasteiger partial charge in [0.2, 0.25) is 6.79 Å². The molecule has 0 saturated heterocycles. The molecular formula is C25H22N2O6. The van der Waals surface area contributed by atoms with E-state index in [1.165, 1.54) is 6.21 Å². The van der Waals surface area contributed by atoms with Crippen molar-refractivity contribution in [2.24, 2.45) is 5.10 Å². The SMILES string of the molecule is Cc1ccc(C)c(OCC(=O)N/N=C/c2cccc(OC(=O)c3ccc4c(c3)OCO4)c2)c1. The molecule has 1 heterocycles. The van der Waals surface area contributed by atoms with Gasteiger partial charge in [-0.3, -0.25) is 4.79 Å². The highest BCUT2D eigenvalue weighted by atomic mass is 16.7. The fourth-order valence-electron chi connectivity index (χ4n) is 3.07. The Hall–Kier alpha value is -4.33. The summed E-state index contributed by atoms with van der Waals surface area (Å²) in [6, 6.07) is 17.4. The Bertz CT molecular complexity index is 1220. The number of ether oxygens (including phenoxy) is 4. The van der Waals surface area contributed by atoms with Crippen LogP contribution in [0.15, 0.2) is 65.8 Å². The van der Waals surface area contributed by atoms with Gasteiger partial charge in [0, 0.05) is 0 Å². The minimum atomic E-state index is -0.528. The van der Waals surface area contributed by atoms with Gasteiger partial charge in [-0.1, -0.05) is 24.3 Å². The quantitative estimate of drug-likeness (QED) is 0.257. The predicted octanol–water partition coefficient (Wildman–Crippen LogP) is 3.78. The molecular weight excluding hydrogens is 424 g/mol. The van der Waals surface area contributed by atoms with Gasteiger partial charge in [-0.15, -0.1) is 0 Å². The largest absolute Gasteiger partial charge is 0.483 e. The third kappa shape index (κ3) is 5.68. The van der Waals surface area contributed by atoms with E-state index in [0.717, 1.165) is 11.1 Å². The first-order valence-corrected chi connectivity index (χ1v) is 10.2. The number of carbonyl (C=O) groups is 2. The van der Waals surface area contributed by atoms with Crippen LogP contribution in [-0.4, -0.2) is 31.5 Å². The Morgan fingerprint density at radius 2 is 1.88 bits per heavy atom. The summed E-state index contributed by atoms with van der Waals surface area (Å²) in [7, 11) is 0. The summed E-state index contributed by atoms with van der Waals surface area (Å²) in [4.78, 5) is 24.5. The van der Waals surface area contributed by atoms with Crippen LogP contribution in [0.4, 0.5) is 0 Å². The third-order valence-corrected chi connectivity index (χ3v) is 4.78. The van der Waals surface area contributed by atoms with Crippen molar-refractivity contribution >= 4 is 18.1 Å². The first-order valence-electron chi connectivity index (χ1n) is 10.2. The summed E-state index contributed by atoms with van der Waals surface area (Å²) in [5, 5.41) is 3.94. The molecule has 0 bridgehead atoms. The zero-order chi connectivity index (χ0) is 23.2. The average molecular weight is 446 g/mol. The molecule has 4 rings (SSSR count). The van der Waals surface area contributed by atoms with Crippen molar-refractivity contribution in [3.63, 3.8) is 0 Å². The van der Waals surface area contributed by atoms with E-state index in [-0.39, 0.29) is 13.4 Å². The number of fused-ring (bicyclic) bond motifs is 1. The number of aryl methyl sites for hydroxylation is 2. The summed E-state index contributed by atoms with van der Waals surface area (Å²) in [6.07, 6.45) is 1.45. The van der Waals surface area contributed by atoms with E-state index >= 15 is 0 Å². The van der Waals surface area contributed by atoms with Crippen LogP contribution in [0.25, 0.3) is 0 Å². The molecule has 0 spiro atoms. The van der Waals surface area contributed by atoms with Crippen LogP contribution in [0.1, 0.15) is 27.0 Å². The summed E-state index contributed by atoms with van der Waals surface area (Å²) >= 11 is 0. The maximum Gasteiger partial charge on any atom is 0.343 e. The van der Waals surface area contributed by atoms with Crippen molar-refractivity contribution < 1.29 is 28.5 Å². The van der Waals surface area contributed by atoms with Gasteiger partial charge < -0.3 is 18.9 Å². The van der Waals surface area contributed by atoms with Crippen molar-refractivity contribution in [3.8, 4) is 23.0 Å². The van der Waals surface area contributed by atoms with Gasteiger partial charge in [0.1, 0.15) is 11.5 Å². The molecule has 0 atom stereocenters. The maximum atomic E-state index is 12.4. The van der Waals surface area contributed by atoms with E-state index in [1.54, 1.807) is 42.5 Å². The Morgan fingerprint density at radius 3 is 2.76 bits per heavy atom. The second-order valence-corrected chi connectivity index (χ2v) is 7.38. The first-order chi connectivity index (χ1) is 16.0. The zero-order valence-corrected chi connectivity index (χ0v) is 18.2. The molecule has 0 unspecified atom stereocenters.